The normalized spacial score (nSPS) is 47.4. The summed E-state index contributed by atoms with van der Waals surface area (Å²) in [5, 5.41) is 10.1. The standard InChI is InChI=1S/C13H22O3/c14-11-7-10-4-5-13(11,8-10)9-16-12-3-1-2-6-15-12/h10-12,14H,1-9H2. The SMILES string of the molecule is OC1CC2CCC1(COC1CCCCO1)C2. The molecule has 3 fully saturated rings. The molecule has 0 aromatic heterocycles. The van der Waals surface area contributed by atoms with E-state index in [-0.39, 0.29) is 17.8 Å². The molecule has 4 unspecified atom stereocenters. The molecular weight excluding hydrogens is 204 g/mol. The molecule has 0 amide bonds. The van der Waals surface area contributed by atoms with Crippen molar-refractivity contribution in [2.45, 2.75) is 57.3 Å². The van der Waals surface area contributed by atoms with Gasteiger partial charge in [0.25, 0.3) is 0 Å². The largest absolute Gasteiger partial charge is 0.392 e. The van der Waals surface area contributed by atoms with Gasteiger partial charge in [0.05, 0.1) is 12.7 Å². The van der Waals surface area contributed by atoms with Crippen molar-refractivity contribution in [2.75, 3.05) is 13.2 Å². The molecule has 0 aromatic carbocycles. The minimum Gasteiger partial charge on any atom is -0.392 e. The van der Waals surface area contributed by atoms with Crippen molar-refractivity contribution in [3.8, 4) is 0 Å². The fraction of sp³-hybridized carbons (Fsp3) is 1.00. The molecule has 0 spiro atoms. The number of rotatable bonds is 3. The van der Waals surface area contributed by atoms with Crippen LogP contribution in [0.15, 0.2) is 0 Å². The first kappa shape index (κ1) is 11.0. The van der Waals surface area contributed by atoms with E-state index >= 15 is 0 Å². The van der Waals surface area contributed by atoms with Crippen molar-refractivity contribution in [3.63, 3.8) is 0 Å². The van der Waals surface area contributed by atoms with E-state index in [1.165, 1.54) is 19.3 Å². The van der Waals surface area contributed by atoms with Gasteiger partial charge in [-0.05, 0) is 50.9 Å². The lowest BCUT2D eigenvalue weighted by Gasteiger charge is -2.33. The molecule has 16 heavy (non-hydrogen) atoms. The van der Waals surface area contributed by atoms with Gasteiger partial charge >= 0.3 is 0 Å². The molecule has 1 aliphatic heterocycles. The summed E-state index contributed by atoms with van der Waals surface area (Å²) in [5.41, 5.74) is 0.0749. The third-order valence-electron chi connectivity index (χ3n) is 4.70. The number of aliphatic hydroxyl groups is 1. The zero-order valence-corrected chi connectivity index (χ0v) is 9.86. The summed E-state index contributed by atoms with van der Waals surface area (Å²) >= 11 is 0. The van der Waals surface area contributed by atoms with E-state index in [1.807, 2.05) is 0 Å². The van der Waals surface area contributed by atoms with Gasteiger partial charge in [0.1, 0.15) is 0 Å². The molecule has 0 aromatic rings. The summed E-state index contributed by atoms with van der Waals surface area (Å²) in [5.74, 6) is 0.755. The number of ether oxygens (including phenoxy) is 2. The van der Waals surface area contributed by atoms with E-state index in [2.05, 4.69) is 0 Å². The Kier molecular flexibility index (Phi) is 2.94. The maximum Gasteiger partial charge on any atom is 0.157 e. The maximum absolute atomic E-state index is 10.1. The third-order valence-corrected chi connectivity index (χ3v) is 4.70. The van der Waals surface area contributed by atoms with Gasteiger partial charge in [-0.1, -0.05) is 0 Å². The zero-order chi connectivity index (χ0) is 11.0. The fourth-order valence-electron chi connectivity index (χ4n) is 3.67. The number of aliphatic hydroxyl groups excluding tert-OH is 1. The molecular formula is C13H22O3. The summed E-state index contributed by atoms with van der Waals surface area (Å²) < 4.78 is 11.4. The second-order valence-electron chi connectivity index (χ2n) is 5.83. The molecule has 2 aliphatic carbocycles. The van der Waals surface area contributed by atoms with Crippen LogP contribution in [0, 0.1) is 11.3 Å². The highest BCUT2D eigenvalue weighted by atomic mass is 16.7. The second-order valence-corrected chi connectivity index (χ2v) is 5.83. The molecule has 3 heteroatoms. The molecule has 2 saturated carbocycles. The van der Waals surface area contributed by atoms with Gasteiger partial charge in [0.2, 0.25) is 0 Å². The highest BCUT2D eigenvalue weighted by molar-refractivity contribution is 5.01. The molecule has 1 N–H and O–H groups in total. The Morgan fingerprint density at radius 2 is 2.25 bits per heavy atom. The molecule has 1 heterocycles. The van der Waals surface area contributed by atoms with Gasteiger partial charge in [-0.3, -0.25) is 0 Å². The zero-order valence-electron chi connectivity index (χ0n) is 9.86. The van der Waals surface area contributed by atoms with E-state index in [0.29, 0.717) is 6.61 Å². The van der Waals surface area contributed by atoms with Crippen LogP contribution in [0.3, 0.4) is 0 Å². The molecule has 0 radical (unpaired) electrons. The third kappa shape index (κ3) is 1.89. The van der Waals surface area contributed by atoms with Crippen LogP contribution in [0.5, 0.6) is 0 Å². The lowest BCUT2D eigenvalue weighted by atomic mass is 9.82. The summed E-state index contributed by atoms with van der Waals surface area (Å²) in [7, 11) is 0. The lowest BCUT2D eigenvalue weighted by Crippen LogP contribution is -2.37. The Bertz CT molecular complexity index is 250. The Morgan fingerprint density at radius 3 is 2.88 bits per heavy atom. The molecule has 2 bridgehead atoms. The Morgan fingerprint density at radius 1 is 1.31 bits per heavy atom. The van der Waals surface area contributed by atoms with Gasteiger partial charge in [-0.2, -0.15) is 0 Å². The molecule has 3 nitrogen and oxygen atoms in total. The summed E-state index contributed by atoms with van der Waals surface area (Å²) in [6, 6.07) is 0. The van der Waals surface area contributed by atoms with Gasteiger partial charge in [-0.25, -0.2) is 0 Å². The van der Waals surface area contributed by atoms with Gasteiger partial charge in [0, 0.05) is 12.0 Å². The first-order chi connectivity index (χ1) is 7.78. The first-order valence-electron chi connectivity index (χ1n) is 6.70. The summed E-state index contributed by atoms with van der Waals surface area (Å²) in [6.07, 6.45) is 7.85. The van der Waals surface area contributed by atoms with Crippen molar-refractivity contribution in [1.29, 1.82) is 0 Å². The smallest absolute Gasteiger partial charge is 0.157 e. The van der Waals surface area contributed by atoms with Crippen LogP contribution in [0.2, 0.25) is 0 Å². The average molecular weight is 226 g/mol. The van der Waals surface area contributed by atoms with Crippen LogP contribution in [0.25, 0.3) is 0 Å². The highest BCUT2D eigenvalue weighted by Gasteiger charge is 2.51. The fourth-order valence-corrected chi connectivity index (χ4v) is 3.67. The van der Waals surface area contributed by atoms with Crippen molar-refractivity contribution < 1.29 is 14.6 Å². The lowest BCUT2D eigenvalue weighted by molar-refractivity contribution is -0.186. The minimum atomic E-state index is -0.130. The second kappa shape index (κ2) is 4.28. The summed E-state index contributed by atoms with van der Waals surface area (Å²) in [4.78, 5) is 0. The molecule has 4 atom stereocenters. The van der Waals surface area contributed by atoms with E-state index in [0.717, 1.165) is 38.2 Å². The monoisotopic (exact) mass is 226 g/mol. The van der Waals surface area contributed by atoms with Crippen LogP contribution in [-0.2, 0) is 9.47 Å². The molecule has 3 rings (SSSR count). The van der Waals surface area contributed by atoms with E-state index in [1.54, 1.807) is 0 Å². The Hall–Kier alpha value is -0.120. The minimum absolute atomic E-state index is 0.00465. The topological polar surface area (TPSA) is 38.7 Å². The number of hydrogen-bond donors (Lipinski definition) is 1. The van der Waals surface area contributed by atoms with Gasteiger partial charge in [0.15, 0.2) is 6.29 Å². The quantitative estimate of drug-likeness (QED) is 0.800. The van der Waals surface area contributed by atoms with Crippen LogP contribution in [-0.4, -0.2) is 30.7 Å². The molecule has 3 aliphatic rings. The van der Waals surface area contributed by atoms with Crippen molar-refractivity contribution >= 4 is 0 Å². The average Bonchev–Trinajstić information content (AvgIpc) is 2.85. The van der Waals surface area contributed by atoms with Crippen molar-refractivity contribution in [2.24, 2.45) is 11.3 Å². The van der Waals surface area contributed by atoms with Gasteiger partial charge in [-0.15, -0.1) is 0 Å². The van der Waals surface area contributed by atoms with Crippen molar-refractivity contribution in [1.82, 2.24) is 0 Å². The maximum atomic E-state index is 10.1. The predicted molar refractivity (Wildman–Crippen MR) is 59.9 cm³/mol. The van der Waals surface area contributed by atoms with E-state index in [9.17, 15) is 5.11 Å². The molecule has 1 saturated heterocycles. The summed E-state index contributed by atoms with van der Waals surface area (Å²) in [6.45, 7) is 1.54. The Balaban J connectivity index is 1.53. The van der Waals surface area contributed by atoms with Crippen LogP contribution < -0.4 is 0 Å². The Labute approximate surface area is 97.1 Å². The van der Waals surface area contributed by atoms with Crippen LogP contribution in [0.1, 0.15) is 44.9 Å². The van der Waals surface area contributed by atoms with E-state index < -0.39 is 0 Å². The number of hydrogen-bond acceptors (Lipinski definition) is 3. The highest BCUT2D eigenvalue weighted by Crippen LogP contribution is 2.54. The predicted octanol–water partition coefficient (Wildman–Crippen LogP) is 2.08. The number of fused-ring (bicyclic) bond motifs is 2. The van der Waals surface area contributed by atoms with Crippen LogP contribution in [0.4, 0.5) is 0 Å². The first-order valence-corrected chi connectivity index (χ1v) is 6.70. The van der Waals surface area contributed by atoms with Crippen molar-refractivity contribution in [3.05, 3.63) is 0 Å². The van der Waals surface area contributed by atoms with Gasteiger partial charge < -0.3 is 14.6 Å². The van der Waals surface area contributed by atoms with Crippen LogP contribution >= 0.6 is 0 Å². The molecule has 92 valence electrons. The van der Waals surface area contributed by atoms with E-state index in [4.69, 9.17) is 9.47 Å².